The number of rotatable bonds is 2. The predicted octanol–water partition coefficient (Wildman–Crippen LogP) is 0.867. The molecule has 0 bridgehead atoms. The molecule has 4 rings (SSSR count). The maximum Gasteiger partial charge on any atom is 0.255 e. The van der Waals surface area contributed by atoms with Crippen LogP contribution in [0.15, 0.2) is 18.2 Å². The molecule has 24 heavy (non-hydrogen) atoms. The number of hydrogen-bond acceptors (Lipinski definition) is 4. The summed E-state index contributed by atoms with van der Waals surface area (Å²) in [6.45, 7) is 2.60. The van der Waals surface area contributed by atoms with E-state index in [2.05, 4.69) is 29.4 Å². The standard InChI is InChI=1S/C18H21N3O3/c1-20-7-6-12(9-20)11-2-3-14-13(8-11)10-21(18(14)24)15-4-5-16(22)19-17(15)23/h2-3,8,12,15H,4-7,9-10H2,1H3,(H,19,22,23). The molecule has 2 unspecified atom stereocenters. The second-order valence-corrected chi connectivity index (χ2v) is 7.06. The van der Waals surface area contributed by atoms with E-state index < -0.39 is 6.04 Å². The molecule has 3 aliphatic heterocycles. The molecule has 0 spiro atoms. The molecule has 1 aromatic rings. The van der Waals surface area contributed by atoms with E-state index in [1.165, 1.54) is 5.56 Å². The lowest BCUT2D eigenvalue weighted by molar-refractivity contribution is -0.136. The van der Waals surface area contributed by atoms with Crippen LogP contribution in [-0.4, -0.2) is 53.7 Å². The third-order valence-electron chi connectivity index (χ3n) is 5.41. The number of likely N-dealkylation sites (tertiary alicyclic amines) is 1. The highest BCUT2D eigenvalue weighted by Crippen LogP contribution is 2.32. The fourth-order valence-corrected chi connectivity index (χ4v) is 4.06. The van der Waals surface area contributed by atoms with Crippen molar-refractivity contribution >= 4 is 17.7 Å². The first-order chi connectivity index (χ1) is 11.5. The molecule has 3 amide bonds. The van der Waals surface area contributed by atoms with Crippen molar-refractivity contribution in [2.24, 2.45) is 0 Å². The summed E-state index contributed by atoms with van der Waals surface area (Å²) in [5.41, 5.74) is 2.96. The number of carbonyl (C=O) groups is 3. The number of benzene rings is 1. The van der Waals surface area contributed by atoms with E-state index in [4.69, 9.17) is 0 Å². The first-order valence-electron chi connectivity index (χ1n) is 8.49. The molecular formula is C18H21N3O3. The van der Waals surface area contributed by atoms with Crippen LogP contribution in [0.25, 0.3) is 0 Å². The minimum Gasteiger partial charge on any atom is -0.322 e. The van der Waals surface area contributed by atoms with Crippen molar-refractivity contribution in [3.8, 4) is 0 Å². The Morgan fingerprint density at radius 2 is 2.00 bits per heavy atom. The number of hydrogen-bond donors (Lipinski definition) is 1. The zero-order valence-electron chi connectivity index (χ0n) is 13.7. The van der Waals surface area contributed by atoms with Gasteiger partial charge in [-0.15, -0.1) is 0 Å². The number of carbonyl (C=O) groups excluding carboxylic acids is 3. The molecule has 0 aromatic heterocycles. The van der Waals surface area contributed by atoms with Crippen molar-refractivity contribution in [2.75, 3.05) is 20.1 Å². The normalized spacial score (nSPS) is 27.5. The van der Waals surface area contributed by atoms with Crippen molar-refractivity contribution in [2.45, 2.75) is 37.8 Å². The molecule has 3 heterocycles. The summed E-state index contributed by atoms with van der Waals surface area (Å²) in [5, 5.41) is 2.34. The Labute approximate surface area is 140 Å². The molecule has 126 valence electrons. The number of likely N-dealkylation sites (N-methyl/N-ethyl adjacent to an activating group) is 1. The molecule has 0 radical (unpaired) electrons. The fourth-order valence-electron chi connectivity index (χ4n) is 4.06. The Morgan fingerprint density at radius 1 is 1.17 bits per heavy atom. The lowest BCUT2D eigenvalue weighted by atomic mass is 9.95. The smallest absolute Gasteiger partial charge is 0.255 e. The van der Waals surface area contributed by atoms with Gasteiger partial charge in [0.15, 0.2) is 0 Å². The average Bonchev–Trinajstić information content (AvgIpc) is 3.11. The quantitative estimate of drug-likeness (QED) is 0.818. The molecule has 2 atom stereocenters. The van der Waals surface area contributed by atoms with E-state index in [0.717, 1.165) is 25.1 Å². The van der Waals surface area contributed by atoms with Crippen LogP contribution in [0, 0.1) is 0 Å². The number of nitrogens with zero attached hydrogens (tertiary/aromatic N) is 2. The largest absolute Gasteiger partial charge is 0.322 e. The average molecular weight is 327 g/mol. The van der Waals surface area contributed by atoms with Crippen LogP contribution >= 0.6 is 0 Å². The summed E-state index contributed by atoms with van der Waals surface area (Å²) in [6.07, 6.45) is 1.83. The highest BCUT2D eigenvalue weighted by molar-refractivity contribution is 6.05. The lowest BCUT2D eigenvalue weighted by Crippen LogP contribution is -2.52. The summed E-state index contributed by atoms with van der Waals surface area (Å²) in [4.78, 5) is 40.0. The third kappa shape index (κ3) is 2.51. The van der Waals surface area contributed by atoms with Crippen LogP contribution < -0.4 is 5.32 Å². The number of nitrogens with one attached hydrogen (secondary N) is 1. The highest BCUT2D eigenvalue weighted by Gasteiger charge is 2.39. The zero-order chi connectivity index (χ0) is 16.8. The molecule has 6 heteroatoms. The van der Waals surface area contributed by atoms with Gasteiger partial charge in [0.25, 0.3) is 5.91 Å². The summed E-state index contributed by atoms with van der Waals surface area (Å²) < 4.78 is 0. The summed E-state index contributed by atoms with van der Waals surface area (Å²) in [5.74, 6) is -0.201. The van der Waals surface area contributed by atoms with Gasteiger partial charge in [-0.25, -0.2) is 0 Å². The first kappa shape index (κ1) is 15.3. The van der Waals surface area contributed by atoms with Gasteiger partial charge in [-0.1, -0.05) is 12.1 Å². The van der Waals surface area contributed by atoms with Crippen LogP contribution in [-0.2, 0) is 16.1 Å². The van der Waals surface area contributed by atoms with Gasteiger partial charge in [0.05, 0.1) is 0 Å². The summed E-state index contributed by atoms with van der Waals surface area (Å²) in [6, 6.07) is 5.54. The second kappa shape index (κ2) is 5.70. The van der Waals surface area contributed by atoms with E-state index >= 15 is 0 Å². The monoisotopic (exact) mass is 327 g/mol. The molecule has 0 saturated carbocycles. The summed E-state index contributed by atoms with van der Waals surface area (Å²) >= 11 is 0. The minimum atomic E-state index is -0.538. The van der Waals surface area contributed by atoms with Crippen LogP contribution in [0.1, 0.15) is 46.7 Å². The maximum atomic E-state index is 12.7. The predicted molar refractivity (Wildman–Crippen MR) is 87.3 cm³/mol. The molecule has 0 aliphatic carbocycles. The van der Waals surface area contributed by atoms with Crippen molar-refractivity contribution in [1.29, 1.82) is 0 Å². The zero-order valence-corrected chi connectivity index (χ0v) is 13.7. The third-order valence-corrected chi connectivity index (χ3v) is 5.41. The van der Waals surface area contributed by atoms with Gasteiger partial charge in [-0.05, 0) is 49.5 Å². The molecule has 3 aliphatic rings. The van der Waals surface area contributed by atoms with E-state index in [0.29, 0.717) is 24.4 Å². The van der Waals surface area contributed by atoms with Gasteiger partial charge >= 0.3 is 0 Å². The summed E-state index contributed by atoms with van der Waals surface area (Å²) in [7, 11) is 2.13. The van der Waals surface area contributed by atoms with E-state index in [1.54, 1.807) is 4.90 Å². The Hall–Kier alpha value is -2.21. The van der Waals surface area contributed by atoms with Gasteiger partial charge < -0.3 is 9.80 Å². The number of piperidine rings is 1. The Morgan fingerprint density at radius 3 is 2.71 bits per heavy atom. The molecule has 1 aromatic carbocycles. The SMILES string of the molecule is CN1CCC(c2ccc3c(c2)CN(C2CCC(=O)NC2=O)C3=O)C1. The van der Waals surface area contributed by atoms with Crippen molar-refractivity contribution in [3.05, 3.63) is 34.9 Å². The van der Waals surface area contributed by atoms with E-state index in [9.17, 15) is 14.4 Å². The van der Waals surface area contributed by atoms with Gasteiger partial charge in [0.1, 0.15) is 6.04 Å². The molecule has 6 nitrogen and oxygen atoms in total. The fraction of sp³-hybridized carbons (Fsp3) is 0.500. The van der Waals surface area contributed by atoms with Crippen LogP contribution in [0.5, 0.6) is 0 Å². The molecule has 2 fully saturated rings. The topological polar surface area (TPSA) is 69.7 Å². The van der Waals surface area contributed by atoms with E-state index in [-0.39, 0.29) is 24.1 Å². The first-order valence-corrected chi connectivity index (χ1v) is 8.49. The lowest BCUT2D eigenvalue weighted by Gasteiger charge is -2.29. The van der Waals surface area contributed by atoms with Gasteiger partial charge in [-0.3, -0.25) is 19.7 Å². The van der Waals surface area contributed by atoms with Crippen LogP contribution in [0.4, 0.5) is 0 Å². The van der Waals surface area contributed by atoms with E-state index in [1.807, 2.05) is 6.07 Å². The van der Waals surface area contributed by atoms with Gasteiger partial charge in [0.2, 0.25) is 11.8 Å². The van der Waals surface area contributed by atoms with Gasteiger partial charge in [-0.2, -0.15) is 0 Å². The van der Waals surface area contributed by atoms with Crippen molar-refractivity contribution in [1.82, 2.24) is 15.1 Å². The van der Waals surface area contributed by atoms with Crippen LogP contribution in [0.2, 0.25) is 0 Å². The minimum absolute atomic E-state index is 0.102. The maximum absolute atomic E-state index is 12.7. The Bertz CT molecular complexity index is 730. The van der Waals surface area contributed by atoms with Crippen molar-refractivity contribution < 1.29 is 14.4 Å². The molecule has 2 saturated heterocycles. The molecule has 1 N–H and O–H groups in total. The Balaban J connectivity index is 1.56. The molecular weight excluding hydrogens is 306 g/mol. The Kier molecular flexibility index (Phi) is 3.64. The number of amides is 3. The number of imide groups is 1. The number of fused-ring (bicyclic) bond motifs is 1. The second-order valence-electron chi connectivity index (χ2n) is 7.06. The van der Waals surface area contributed by atoms with Gasteiger partial charge in [0, 0.05) is 25.1 Å². The van der Waals surface area contributed by atoms with Crippen LogP contribution in [0.3, 0.4) is 0 Å². The van der Waals surface area contributed by atoms with Crippen molar-refractivity contribution in [3.63, 3.8) is 0 Å². The highest BCUT2D eigenvalue weighted by atomic mass is 16.2.